The Bertz CT molecular complexity index is 1300. The number of nitrogens with zero attached hydrogens (tertiary/aromatic N) is 3. The largest absolute Gasteiger partial charge is 0.478 e. The number of hydrogen-bond donors (Lipinski definition) is 3. The van der Waals surface area contributed by atoms with Crippen molar-refractivity contribution in [1.82, 2.24) is 19.7 Å². The molecule has 9 nitrogen and oxygen atoms in total. The second kappa shape index (κ2) is 8.17. The smallest absolute Gasteiger partial charge is 0.335 e. The first-order chi connectivity index (χ1) is 14.8. The second-order valence-corrected chi connectivity index (χ2v) is 8.97. The van der Waals surface area contributed by atoms with Crippen LogP contribution >= 0.6 is 0 Å². The number of carboxylic acid groups (broad SMARTS) is 1. The highest BCUT2D eigenvalue weighted by molar-refractivity contribution is 7.89. The normalized spacial score (nSPS) is 14.8. The van der Waals surface area contributed by atoms with Crippen molar-refractivity contribution in [2.45, 2.75) is 30.3 Å². The number of allylic oxidation sites excluding steroid dienone is 1. The Labute approximate surface area is 177 Å². The van der Waals surface area contributed by atoms with E-state index < -0.39 is 21.8 Å². The van der Waals surface area contributed by atoms with Gasteiger partial charge in [-0.3, -0.25) is 0 Å². The fourth-order valence-corrected chi connectivity index (χ4v) is 4.53. The number of rotatable bonds is 8. The van der Waals surface area contributed by atoms with Crippen LogP contribution in [0, 0.1) is 0 Å². The van der Waals surface area contributed by atoms with Crippen molar-refractivity contribution < 1.29 is 22.7 Å². The summed E-state index contributed by atoms with van der Waals surface area (Å²) in [4.78, 5) is 11.7. The number of carboxylic acids is 1. The van der Waals surface area contributed by atoms with Crippen LogP contribution in [-0.4, -0.2) is 47.1 Å². The molecule has 1 aromatic heterocycles. The number of carbonyl (C=O) groups is 1. The van der Waals surface area contributed by atoms with Gasteiger partial charge >= 0.3 is 5.97 Å². The zero-order chi connectivity index (χ0) is 22.2. The van der Waals surface area contributed by atoms with Crippen LogP contribution in [0.5, 0.6) is 0 Å². The Balaban J connectivity index is 1.83. The number of hydrogen-bond acceptors (Lipinski definition) is 6. The van der Waals surface area contributed by atoms with Crippen molar-refractivity contribution in [1.29, 1.82) is 0 Å². The van der Waals surface area contributed by atoms with Crippen LogP contribution in [0.1, 0.15) is 23.2 Å². The van der Waals surface area contributed by atoms with Crippen LogP contribution in [0.2, 0.25) is 0 Å². The zero-order valence-electron chi connectivity index (χ0n) is 16.3. The summed E-state index contributed by atoms with van der Waals surface area (Å²) in [5, 5.41) is 17.6. The minimum Gasteiger partial charge on any atom is -0.478 e. The molecule has 0 spiro atoms. The molecule has 0 amide bonds. The number of nitrogens with one attached hydrogen (secondary N) is 1. The number of sulfonamides is 1. The summed E-state index contributed by atoms with van der Waals surface area (Å²) in [5.41, 5.74) is 6.74. The van der Waals surface area contributed by atoms with Crippen molar-refractivity contribution >= 4 is 27.0 Å². The third kappa shape index (κ3) is 4.48. The number of nitrogens with two attached hydrogens (primary N) is 1. The van der Waals surface area contributed by atoms with E-state index in [1.807, 2.05) is 0 Å². The Morgan fingerprint density at radius 2 is 2.10 bits per heavy atom. The van der Waals surface area contributed by atoms with E-state index in [2.05, 4.69) is 15.0 Å². The van der Waals surface area contributed by atoms with E-state index in [-0.39, 0.29) is 29.6 Å². The van der Waals surface area contributed by atoms with Gasteiger partial charge < -0.3 is 10.8 Å². The van der Waals surface area contributed by atoms with Gasteiger partial charge in [0.2, 0.25) is 10.0 Å². The molecule has 2 aromatic carbocycles. The Morgan fingerprint density at radius 1 is 1.32 bits per heavy atom. The Hall–Kier alpha value is -3.15. The topological polar surface area (TPSA) is 140 Å². The summed E-state index contributed by atoms with van der Waals surface area (Å²) in [6.07, 6.45) is 2.80. The van der Waals surface area contributed by atoms with Crippen molar-refractivity contribution in [3.63, 3.8) is 0 Å². The van der Waals surface area contributed by atoms with Crippen molar-refractivity contribution in [2.24, 2.45) is 5.73 Å². The molecule has 11 heteroatoms. The highest BCUT2D eigenvalue weighted by Gasteiger charge is 2.28. The fourth-order valence-electron chi connectivity index (χ4n) is 3.18. The molecule has 0 saturated heterocycles. The minimum atomic E-state index is -3.70. The van der Waals surface area contributed by atoms with E-state index in [9.17, 15) is 22.7 Å². The molecule has 1 heterocycles. The quantitative estimate of drug-likeness (QED) is 0.482. The van der Waals surface area contributed by atoms with E-state index in [4.69, 9.17) is 5.73 Å². The van der Waals surface area contributed by atoms with Gasteiger partial charge in [-0.15, -0.1) is 5.10 Å². The van der Waals surface area contributed by atoms with Crippen LogP contribution in [0.15, 0.2) is 53.2 Å². The lowest BCUT2D eigenvalue weighted by Gasteiger charge is -2.09. The third-order valence-corrected chi connectivity index (χ3v) is 6.38. The lowest BCUT2D eigenvalue weighted by molar-refractivity contribution is 0.0697. The van der Waals surface area contributed by atoms with Gasteiger partial charge in [-0.05, 0) is 48.7 Å². The van der Waals surface area contributed by atoms with Crippen LogP contribution in [0.25, 0.3) is 22.2 Å². The molecule has 1 fully saturated rings. The first-order valence-corrected chi connectivity index (χ1v) is 11.0. The van der Waals surface area contributed by atoms with Crippen molar-refractivity contribution in [3.05, 3.63) is 53.9 Å². The highest BCUT2D eigenvalue weighted by Crippen LogP contribution is 2.31. The van der Waals surface area contributed by atoms with Gasteiger partial charge in [-0.25, -0.2) is 27.0 Å². The summed E-state index contributed by atoms with van der Waals surface area (Å²) in [6.45, 7) is -0.240. The van der Waals surface area contributed by atoms with E-state index in [0.717, 1.165) is 12.8 Å². The summed E-state index contributed by atoms with van der Waals surface area (Å²) in [6, 6.07) is 8.86. The highest BCUT2D eigenvalue weighted by atomic mass is 32.2. The molecule has 162 valence electrons. The zero-order valence-corrected chi connectivity index (χ0v) is 17.1. The van der Waals surface area contributed by atoms with Gasteiger partial charge in [0.15, 0.2) is 0 Å². The number of aromatic nitrogens is 3. The van der Waals surface area contributed by atoms with Gasteiger partial charge in [0, 0.05) is 18.2 Å². The third-order valence-electron chi connectivity index (χ3n) is 4.86. The van der Waals surface area contributed by atoms with E-state index >= 15 is 0 Å². The first-order valence-electron chi connectivity index (χ1n) is 9.56. The fraction of sp³-hybridized carbons (Fsp3) is 0.250. The van der Waals surface area contributed by atoms with Crippen LogP contribution in [0.4, 0.5) is 4.39 Å². The van der Waals surface area contributed by atoms with Gasteiger partial charge in [0.25, 0.3) is 0 Å². The van der Waals surface area contributed by atoms with Crippen LogP contribution in [-0.2, 0) is 16.6 Å². The Kier molecular flexibility index (Phi) is 5.56. The number of aromatic carboxylic acids is 1. The summed E-state index contributed by atoms with van der Waals surface area (Å²) < 4.78 is 43.0. The number of fused-ring (bicyclic) bond motifs is 1. The molecule has 4 rings (SSSR count). The molecule has 3 aromatic rings. The lowest BCUT2D eigenvalue weighted by Crippen LogP contribution is -2.25. The predicted octanol–water partition coefficient (Wildman–Crippen LogP) is 2.05. The standard InChI is InChI=1S/C20H20FN5O4S/c21-14(6-7-22)11-26-18-10-13(20(27)28)9-17(19(18)23-25-26)12-2-1-3-16(8-12)31(29,30)24-15-4-5-15/h1-3,6,8-10,15,24H,4-5,7,11,22H2,(H,27,28)/b14-6-. The summed E-state index contributed by atoms with van der Waals surface area (Å²) >= 11 is 0. The monoisotopic (exact) mass is 445 g/mol. The maximum atomic E-state index is 14.0. The number of halogens is 1. The van der Waals surface area contributed by atoms with Crippen LogP contribution in [0.3, 0.4) is 0 Å². The van der Waals surface area contributed by atoms with Crippen molar-refractivity contribution in [2.75, 3.05) is 6.54 Å². The molecule has 0 radical (unpaired) electrons. The summed E-state index contributed by atoms with van der Waals surface area (Å²) in [7, 11) is -3.70. The molecule has 31 heavy (non-hydrogen) atoms. The van der Waals surface area contributed by atoms with E-state index in [1.54, 1.807) is 12.1 Å². The molecule has 0 aliphatic heterocycles. The van der Waals surface area contributed by atoms with Crippen LogP contribution < -0.4 is 10.5 Å². The molecule has 0 unspecified atom stereocenters. The molecule has 1 saturated carbocycles. The number of benzene rings is 2. The average molecular weight is 445 g/mol. The molecular formula is C20H20FN5O4S. The first kappa shape index (κ1) is 21.1. The van der Waals surface area contributed by atoms with Gasteiger partial charge in [0.05, 0.1) is 22.5 Å². The average Bonchev–Trinajstić information content (AvgIpc) is 3.45. The molecule has 1 aliphatic carbocycles. The molecule has 1 aliphatic rings. The van der Waals surface area contributed by atoms with Gasteiger partial charge in [0.1, 0.15) is 11.3 Å². The molecule has 4 N–H and O–H groups in total. The maximum Gasteiger partial charge on any atom is 0.335 e. The predicted molar refractivity (Wildman–Crippen MR) is 112 cm³/mol. The van der Waals surface area contributed by atoms with Crippen molar-refractivity contribution in [3.8, 4) is 11.1 Å². The second-order valence-electron chi connectivity index (χ2n) is 7.25. The van der Waals surface area contributed by atoms with Gasteiger partial charge in [-0.2, -0.15) is 0 Å². The lowest BCUT2D eigenvalue weighted by atomic mass is 10.0. The molecular weight excluding hydrogens is 425 g/mol. The van der Waals surface area contributed by atoms with E-state index in [1.165, 1.54) is 35.0 Å². The van der Waals surface area contributed by atoms with Gasteiger partial charge in [-0.1, -0.05) is 17.3 Å². The summed E-state index contributed by atoms with van der Waals surface area (Å²) in [5.74, 6) is -1.72. The Morgan fingerprint density at radius 3 is 2.77 bits per heavy atom. The maximum absolute atomic E-state index is 14.0. The minimum absolute atomic E-state index is 0.0141. The molecule has 0 atom stereocenters. The molecule has 0 bridgehead atoms. The SMILES string of the molecule is NC/C=C(\F)Cn1nnc2c(-c3cccc(S(=O)(=O)NC4CC4)c3)cc(C(=O)O)cc21. The van der Waals surface area contributed by atoms with E-state index in [0.29, 0.717) is 22.2 Å².